The van der Waals surface area contributed by atoms with E-state index in [1.54, 1.807) is 0 Å². The van der Waals surface area contributed by atoms with E-state index in [9.17, 15) is 26.3 Å². The second kappa shape index (κ2) is 5.12. The second-order valence-electron chi connectivity index (χ2n) is 3.00. The van der Waals surface area contributed by atoms with Crippen LogP contribution in [0.2, 0.25) is 0 Å². The molecule has 9 heteroatoms. The highest BCUT2D eigenvalue weighted by Crippen LogP contribution is 2.36. The summed E-state index contributed by atoms with van der Waals surface area (Å²) in [5, 5.41) is 8.33. The van der Waals surface area contributed by atoms with E-state index < -0.39 is 42.0 Å². The molecule has 0 aliphatic carbocycles. The number of nitrogens with zero attached hydrogens (tertiary/aromatic N) is 2. The van der Waals surface area contributed by atoms with Crippen LogP contribution >= 0.6 is 0 Å². The molecular formula is C9H4F6N2O. The molecule has 0 unspecified atom stereocenters. The van der Waals surface area contributed by atoms with Crippen molar-refractivity contribution in [1.29, 1.82) is 5.26 Å². The monoisotopic (exact) mass is 270 g/mol. The molecule has 0 amide bonds. The highest BCUT2D eigenvalue weighted by Gasteiger charge is 2.35. The Labute approximate surface area is 96.6 Å². The average Bonchev–Trinajstić information content (AvgIpc) is 2.21. The highest BCUT2D eigenvalue weighted by molar-refractivity contribution is 5.41. The SMILES string of the molecule is N#CCc1c(F)ncc(C(F)F)c1OC(F)(F)F. The van der Waals surface area contributed by atoms with E-state index in [1.165, 1.54) is 6.07 Å². The number of nitriles is 1. The number of hydrogen-bond acceptors (Lipinski definition) is 3. The zero-order valence-electron chi connectivity index (χ0n) is 8.43. The molecule has 1 rings (SSSR count). The van der Waals surface area contributed by atoms with Gasteiger partial charge in [0.25, 0.3) is 6.43 Å². The van der Waals surface area contributed by atoms with Gasteiger partial charge in [-0.25, -0.2) is 13.8 Å². The lowest BCUT2D eigenvalue weighted by molar-refractivity contribution is -0.275. The molecule has 0 radical (unpaired) electrons. The van der Waals surface area contributed by atoms with Crippen LogP contribution in [-0.4, -0.2) is 11.3 Å². The zero-order chi connectivity index (χ0) is 13.9. The number of alkyl halides is 5. The lowest BCUT2D eigenvalue weighted by atomic mass is 10.1. The summed E-state index contributed by atoms with van der Waals surface area (Å²) < 4.78 is 77.5. The molecule has 0 spiro atoms. The van der Waals surface area contributed by atoms with Gasteiger partial charge in [0.05, 0.1) is 23.6 Å². The molecule has 0 atom stereocenters. The Morgan fingerprint density at radius 3 is 2.44 bits per heavy atom. The van der Waals surface area contributed by atoms with Gasteiger partial charge in [-0.15, -0.1) is 13.2 Å². The van der Waals surface area contributed by atoms with Crippen LogP contribution in [0.1, 0.15) is 17.6 Å². The lowest BCUT2D eigenvalue weighted by Gasteiger charge is -2.15. The molecule has 0 aromatic carbocycles. The Morgan fingerprint density at radius 1 is 1.39 bits per heavy atom. The standard InChI is InChI=1S/C9H4F6N2O/c10-7(11)5-3-17-8(12)4(1-2-16)6(5)18-9(13,14)15/h3,7H,1H2. The van der Waals surface area contributed by atoms with Crippen molar-refractivity contribution in [3.8, 4) is 11.8 Å². The second-order valence-corrected chi connectivity index (χ2v) is 3.00. The van der Waals surface area contributed by atoms with Gasteiger partial charge in [-0.2, -0.15) is 9.65 Å². The molecule has 0 bridgehead atoms. The van der Waals surface area contributed by atoms with Crippen molar-refractivity contribution in [2.45, 2.75) is 19.2 Å². The number of halogens is 6. The van der Waals surface area contributed by atoms with Gasteiger partial charge in [-0.3, -0.25) is 0 Å². The van der Waals surface area contributed by atoms with Crippen molar-refractivity contribution in [2.75, 3.05) is 0 Å². The molecule has 0 aliphatic rings. The molecule has 1 aromatic heterocycles. The van der Waals surface area contributed by atoms with Gasteiger partial charge >= 0.3 is 6.36 Å². The summed E-state index contributed by atoms with van der Waals surface area (Å²) in [5.74, 6) is -2.87. The normalized spacial score (nSPS) is 11.4. The van der Waals surface area contributed by atoms with Gasteiger partial charge in [-0.1, -0.05) is 0 Å². The van der Waals surface area contributed by atoms with Crippen LogP contribution in [0.4, 0.5) is 26.3 Å². The summed E-state index contributed by atoms with van der Waals surface area (Å²) in [6.45, 7) is 0. The predicted molar refractivity (Wildman–Crippen MR) is 45.2 cm³/mol. The average molecular weight is 270 g/mol. The smallest absolute Gasteiger partial charge is 0.405 e. The van der Waals surface area contributed by atoms with Crippen molar-refractivity contribution >= 4 is 0 Å². The topological polar surface area (TPSA) is 45.9 Å². The Balaban J connectivity index is 3.39. The molecular weight excluding hydrogens is 266 g/mol. The maximum Gasteiger partial charge on any atom is 0.573 e. The van der Waals surface area contributed by atoms with Crippen LogP contribution in [-0.2, 0) is 6.42 Å². The first kappa shape index (κ1) is 14.1. The number of ether oxygens (including phenoxy) is 1. The minimum atomic E-state index is -5.28. The quantitative estimate of drug-likeness (QED) is 0.626. The maximum atomic E-state index is 13.1. The Morgan fingerprint density at radius 2 is 2.00 bits per heavy atom. The zero-order valence-corrected chi connectivity index (χ0v) is 8.43. The minimum Gasteiger partial charge on any atom is -0.405 e. The van der Waals surface area contributed by atoms with Gasteiger partial charge in [-0.05, 0) is 0 Å². The molecule has 0 saturated heterocycles. The summed E-state index contributed by atoms with van der Waals surface area (Å²) in [6.07, 6.45) is -9.25. The van der Waals surface area contributed by atoms with Crippen molar-refractivity contribution in [1.82, 2.24) is 4.98 Å². The number of aromatic nitrogens is 1. The number of hydrogen-bond donors (Lipinski definition) is 0. The van der Waals surface area contributed by atoms with Gasteiger partial charge in [0.1, 0.15) is 5.75 Å². The van der Waals surface area contributed by atoms with Gasteiger partial charge < -0.3 is 4.74 Å². The van der Waals surface area contributed by atoms with E-state index in [0.29, 0.717) is 0 Å². The number of rotatable bonds is 3. The lowest BCUT2D eigenvalue weighted by Crippen LogP contribution is -2.20. The molecule has 1 aromatic rings. The van der Waals surface area contributed by atoms with Crippen LogP contribution in [0.25, 0.3) is 0 Å². The van der Waals surface area contributed by atoms with E-state index in [1.807, 2.05) is 0 Å². The molecule has 0 aliphatic heterocycles. The summed E-state index contributed by atoms with van der Waals surface area (Å²) in [7, 11) is 0. The Kier molecular flexibility index (Phi) is 4.00. The van der Waals surface area contributed by atoms with E-state index in [4.69, 9.17) is 5.26 Å². The minimum absolute atomic E-state index is 0.238. The summed E-state index contributed by atoms with van der Waals surface area (Å²) >= 11 is 0. The maximum absolute atomic E-state index is 13.1. The molecule has 0 saturated carbocycles. The van der Waals surface area contributed by atoms with Crippen LogP contribution < -0.4 is 4.74 Å². The fourth-order valence-corrected chi connectivity index (χ4v) is 1.15. The highest BCUT2D eigenvalue weighted by atomic mass is 19.4. The first-order valence-corrected chi connectivity index (χ1v) is 4.34. The summed E-state index contributed by atoms with van der Waals surface area (Å²) in [5.41, 5.74) is -2.17. The molecule has 0 N–H and O–H groups in total. The third-order valence-electron chi connectivity index (χ3n) is 1.81. The summed E-state index contributed by atoms with van der Waals surface area (Å²) in [6, 6.07) is 1.34. The van der Waals surface area contributed by atoms with E-state index in [0.717, 1.165) is 0 Å². The molecule has 0 fully saturated rings. The fraction of sp³-hybridized carbons (Fsp3) is 0.333. The summed E-state index contributed by atoms with van der Waals surface area (Å²) in [4.78, 5) is 2.86. The predicted octanol–water partition coefficient (Wildman–Crippen LogP) is 3.12. The van der Waals surface area contributed by atoms with Gasteiger partial charge in [0, 0.05) is 6.20 Å². The fourth-order valence-electron chi connectivity index (χ4n) is 1.15. The third-order valence-corrected chi connectivity index (χ3v) is 1.81. The van der Waals surface area contributed by atoms with Crippen molar-refractivity contribution in [2.24, 2.45) is 0 Å². The van der Waals surface area contributed by atoms with Crippen molar-refractivity contribution in [3.63, 3.8) is 0 Å². The molecule has 18 heavy (non-hydrogen) atoms. The molecule has 3 nitrogen and oxygen atoms in total. The van der Waals surface area contributed by atoms with Crippen LogP contribution in [0.15, 0.2) is 6.20 Å². The van der Waals surface area contributed by atoms with E-state index in [-0.39, 0.29) is 6.20 Å². The van der Waals surface area contributed by atoms with Crippen LogP contribution in [0.5, 0.6) is 5.75 Å². The van der Waals surface area contributed by atoms with Crippen LogP contribution in [0, 0.1) is 17.3 Å². The van der Waals surface area contributed by atoms with E-state index >= 15 is 0 Å². The first-order valence-electron chi connectivity index (χ1n) is 4.34. The van der Waals surface area contributed by atoms with E-state index in [2.05, 4.69) is 9.72 Å². The first-order chi connectivity index (χ1) is 8.26. The van der Waals surface area contributed by atoms with Crippen molar-refractivity contribution < 1.29 is 31.1 Å². The van der Waals surface area contributed by atoms with Gasteiger partial charge in [0.2, 0.25) is 5.95 Å². The Hall–Kier alpha value is -1.98. The van der Waals surface area contributed by atoms with Crippen LogP contribution in [0.3, 0.4) is 0 Å². The largest absolute Gasteiger partial charge is 0.573 e. The Bertz CT molecular complexity index is 479. The number of pyridine rings is 1. The molecule has 1 heterocycles. The van der Waals surface area contributed by atoms with Crippen molar-refractivity contribution in [3.05, 3.63) is 23.3 Å². The third kappa shape index (κ3) is 3.26. The van der Waals surface area contributed by atoms with Gasteiger partial charge in [0.15, 0.2) is 0 Å². The molecule has 98 valence electrons.